The Labute approximate surface area is 112 Å². The van der Waals surface area contributed by atoms with Crippen LogP contribution in [-0.4, -0.2) is 43.1 Å². The molecule has 0 radical (unpaired) electrons. The minimum Gasteiger partial charge on any atom is -0.394 e. The number of aryl methyl sites for hydroxylation is 1. The van der Waals surface area contributed by atoms with Gasteiger partial charge in [0.2, 0.25) is 5.91 Å². The molecular formula is C13H19NO3S. The molecule has 5 heteroatoms. The predicted octanol–water partition coefficient (Wildman–Crippen LogP) is 1.21. The highest BCUT2D eigenvalue weighted by molar-refractivity contribution is 8.00. The van der Waals surface area contributed by atoms with Crippen molar-refractivity contribution < 1.29 is 14.6 Å². The summed E-state index contributed by atoms with van der Waals surface area (Å²) >= 11 is 1.51. The van der Waals surface area contributed by atoms with E-state index in [1.807, 2.05) is 31.2 Å². The zero-order chi connectivity index (χ0) is 13.2. The van der Waals surface area contributed by atoms with E-state index in [0.717, 1.165) is 4.90 Å². The van der Waals surface area contributed by atoms with Crippen molar-refractivity contribution in [2.45, 2.75) is 11.8 Å². The van der Waals surface area contributed by atoms with Gasteiger partial charge in [0, 0.05) is 11.4 Å². The van der Waals surface area contributed by atoms with Gasteiger partial charge in [-0.3, -0.25) is 4.79 Å². The fraction of sp³-hybridized carbons (Fsp3) is 0.462. The summed E-state index contributed by atoms with van der Waals surface area (Å²) in [4.78, 5) is 12.6. The van der Waals surface area contributed by atoms with Crippen LogP contribution in [0.4, 0.5) is 0 Å². The lowest BCUT2D eigenvalue weighted by atomic mass is 10.2. The number of aliphatic hydroxyl groups excluding tert-OH is 1. The van der Waals surface area contributed by atoms with Crippen molar-refractivity contribution in [2.75, 3.05) is 32.1 Å². The number of ether oxygens (including phenoxy) is 1. The Morgan fingerprint density at radius 3 is 2.72 bits per heavy atom. The van der Waals surface area contributed by atoms with E-state index in [0.29, 0.717) is 25.5 Å². The minimum atomic E-state index is -0.00632. The van der Waals surface area contributed by atoms with Gasteiger partial charge in [-0.1, -0.05) is 17.7 Å². The van der Waals surface area contributed by atoms with E-state index in [9.17, 15) is 4.79 Å². The zero-order valence-electron chi connectivity index (χ0n) is 10.5. The van der Waals surface area contributed by atoms with Gasteiger partial charge in [0.05, 0.1) is 25.6 Å². The van der Waals surface area contributed by atoms with Crippen molar-refractivity contribution in [1.29, 1.82) is 0 Å². The molecule has 0 spiro atoms. The van der Waals surface area contributed by atoms with Crippen molar-refractivity contribution in [3.63, 3.8) is 0 Å². The average Bonchev–Trinajstić information content (AvgIpc) is 2.38. The SMILES string of the molecule is Cc1ccc(SCC(=O)NCCOCCO)cc1. The highest BCUT2D eigenvalue weighted by Crippen LogP contribution is 2.17. The fourth-order valence-corrected chi connectivity index (χ4v) is 1.99. The van der Waals surface area contributed by atoms with Gasteiger partial charge in [-0.25, -0.2) is 0 Å². The Morgan fingerprint density at radius 1 is 1.33 bits per heavy atom. The van der Waals surface area contributed by atoms with Gasteiger partial charge in [0.1, 0.15) is 0 Å². The molecule has 1 rings (SSSR count). The molecule has 1 aromatic carbocycles. The number of nitrogens with one attached hydrogen (secondary N) is 1. The van der Waals surface area contributed by atoms with Crippen LogP contribution in [0.15, 0.2) is 29.2 Å². The molecule has 1 amide bonds. The topological polar surface area (TPSA) is 58.6 Å². The molecule has 1 aromatic rings. The van der Waals surface area contributed by atoms with Crippen LogP contribution < -0.4 is 5.32 Å². The normalized spacial score (nSPS) is 10.3. The van der Waals surface area contributed by atoms with Gasteiger partial charge >= 0.3 is 0 Å². The van der Waals surface area contributed by atoms with Gasteiger partial charge in [0.15, 0.2) is 0 Å². The van der Waals surface area contributed by atoms with Crippen LogP contribution in [0.3, 0.4) is 0 Å². The van der Waals surface area contributed by atoms with Gasteiger partial charge in [-0.15, -0.1) is 11.8 Å². The van der Waals surface area contributed by atoms with Gasteiger partial charge in [-0.2, -0.15) is 0 Å². The van der Waals surface area contributed by atoms with E-state index in [1.54, 1.807) is 0 Å². The zero-order valence-corrected chi connectivity index (χ0v) is 11.3. The quantitative estimate of drug-likeness (QED) is 0.550. The van der Waals surface area contributed by atoms with Crippen LogP contribution in [0, 0.1) is 6.92 Å². The first kappa shape index (κ1) is 15.0. The van der Waals surface area contributed by atoms with E-state index in [2.05, 4.69) is 5.32 Å². The van der Waals surface area contributed by atoms with Crippen LogP contribution >= 0.6 is 11.8 Å². The summed E-state index contributed by atoms with van der Waals surface area (Å²) < 4.78 is 5.04. The summed E-state index contributed by atoms with van der Waals surface area (Å²) in [6.07, 6.45) is 0. The lowest BCUT2D eigenvalue weighted by Crippen LogP contribution is -2.29. The molecule has 0 heterocycles. The second kappa shape index (κ2) is 8.97. The van der Waals surface area contributed by atoms with Crippen LogP contribution in [0.5, 0.6) is 0 Å². The highest BCUT2D eigenvalue weighted by Gasteiger charge is 2.02. The summed E-state index contributed by atoms with van der Waals surface area (Å²) in [6.45, 7) is 3.27. The van der Waals surface area contributed by atoms with Gasteiger partial charge in [-0.05, 0) is 19.1 Å². The highest BCUT2D eigenvalue weighted by atomic mass is 32.2. The standard InChI is InChI=1S/C13H19NO3S/c1-11-2-4-12(5-3-11)18-10-13(16)14-6-8-17-9-7-15/h2-5,15H,6-10H2,1H3,(H,14,16). The Bertz CT molecular complexity index is 354. The van der Waals surface area contributed by atoms with E-state index in [1.165, 1.54) is 17.3 Å². The first-order valence-electron chi connectivity index (χ1n) is 5.87. The molecular weight excluding hydrogens is 250 g/mol. The molecule has 0 aromatic heterocycles. The lowest BCUT2D eigenvalue weighted by molar-refractivity contribution is -0.118. The maximum absolute atomic E-state index is 11.5. The van der Waals surface area contributed by atoms with E-state index in [-0.39, 0.29) is 12.5 Å². The third-order valence-corrected chi connectivity index (χ3v) is 3.21. The van der Waals surface area contributed by atoms with Crippen molar-refractivity contribution >= 4 is 17.7 Å². The first-order chi connectivity index (χ1) is 8.72. The van der Waals surface area contributed by atoms with Gasteiger partial charge < -0.3 is 15.2 Å². The number of thioether (sulfide) groups is 1. The maximum atomic E-state index is 11.5. The molecule has 0 bridgehead atoms. The summed E-state index contributed by atoms with van der Waals surface area (Å²) in [5.74, 6) is 0.399. The lowest BCUT2D eigenvalue weighted by Gasteiger charge is -2.05. The van der Waals surface area contributed by atoms with Crippen LogP contribution in [-0.2, 0) is 9.53 Å². The minimum absolute atomic E-state index is 0.00632. The summed E-state index contributed by atoms with van der Waals surface area (Å²) in [5, 5.41) is 11.2. The number of hydrogen-bond donors (Lipinski definition) is 2. The molecule has 0 unspecified atom stereocenters. The van der Waals surface area contributed by atoms with Gasteiger partial charge in [0.25, 0.3) is 0 Å². The van der Waals surface area contributed by atoms with Crippen molar-refractivity contribution in [2.24, 2.45) is 0 Å². The van der Waals surface area contributed by atoms with Crippen molar-refractivity contribution in [1.82, 2.24) is 5.32 Å². The molecule has 0 saturated heterocycles. The number of hydrogen-bond acceptors (Lipinski definition) is 4. The molecule has 0 saturated carbocycles. The largest absolute Gasteiger partial charge is 0.394 e. The molecule has 0 aliphatic rings. The smallest absolute Gasteiger partial charge is 0.230 e. The third kappa shape index (κ3) is 6.64. The number of carbonyl (C=O) groups is 1. The molecule has 4 nitrogen and oxygen atoms in total. The van der Waals surface area contributed by atoms with Crippen molar-refractivity contribution in [3.05, 3.63) is 29.8 Å². The van der Waals surface area contributed by atoms with Crippen molar-refractivity contribution in [3.8, 4) is 0 Å². The number of carbonyl (C=O) groups excluding carboxylic acids is 1. The molecule has 0 aliphatic carbocycles. The van der Waals surface area contributed by atoms with Crippen LogP contribution in [0.1, 0.15) is 5.56 Å². The number of benzene rings is 1. The number of rotatable bonds is 8. The second-order valence-electron chi connectivity index (χ2n) is 3.79. The molecule has 18 heavy (non-hydrogen) atoms. The summed E-state index contributed by atoms with van der Waals surface area (Å²) in [7, 11) is 0. The summed E-state index contributed by atoms with van der Waals surface area (Å²) in [6, 6.07) is 8.08. The number of amides is 1. The molecule has 0 atom stereocenters. The monoisotopic (exact) mass is 269 g/mol. The average molecular weight is 269 g/mol. The first-order valence-corrected chi connectivity index (χ1v) is 6.85. The maximum Gasteiger partial charge on any atom is 0.230 e. The second-order valence-corrected chi connectivity index (χ2v) is 4.84. The molecule has 2 N–H and O–H groups in total. The number of aliphatic hydroxyl groups is 1. The Kier molecular flexibility index (Phi) is 7.48. The van der Waals surface area contributed by atoms with Crippen LogP contribution in [0.25, 0.3) is 0 Å². The Hall–Kier alpha value is -1.04. The van der Waals surface area contributed by atoms with E-state index in [4.69, 9.17) is 9.84 Å². The Morgan fingerprint density at radius 2 is 2.06 bits per heavy atom. The molecule has 0 aliphatic heterocycles. The predicted molar refractivity (Wildman–Crippen MR) is 72.8 cm³/mol. The molecule has 0 fully saturated rings. The third-order valence-electron chi connectivity index (χ3n) is 2.20. The Balaban J connectivity index is 2.11. The van der Waals surface area contributed by atoms with E-state index < -0.39 is 0 Å². The summed E-state index contributed by atoms with van der Waals surface area (Å²) in [5.41, 5.74) is 1.21. The molecule has 100 valence electrons. The fourth-order valence-electron chi connectivity index (χ4n) is 1.26. The van der Waals surface area contributed by atoms with Crippen LogP contribution in [0.2, 0.25) is 0 Å². The van der Waals surface area contributed by atoms with E-state index >= 15 is 0 Å².